The fraction of sp³-hybridized carbons (Fsp3) is 0.286. The van der Waals surface area contributed by atoms with Gasteiger partial charge in [-0.3, -0.25) is 0 Å². The molecule has 0 unspecified atom stereocenters. The van der Waals surface area contributed by atoms with Gasteiger partial charge in [0, 0.05) is 0 Å². The Balaban J connectivity index is 2.37. The van der Waals surface area contributed by atoms with Crippen molar-refractivity contribution < 1.29 is 14.0 Å². The Bertz CT molecular complexity index is 355. The van der Waals surface area contributed by atoms with Crippen LogP contribution >= 0.6 is 0 Å². The molecule has 0 amide bonds. The van der Waals surface area contributed by atoms with Crippen LogP contribution in [0.1, 0.15) is 0 Å². The summed E-state index contributed by atoms with van der Waals surface area (Å²) in [6.45, 7) is 10.4. The molecule has 1 rings (SSSR count). The summed E-state index contributed by atoms with van der Waals surface area (Å²) >= 11 is 0. The lowest BCUT2D eigenvalue weighted by atomic mass is 10.3. The maximum atomic E-state index is 13.2. The SMILES string of the molecule is C=CC[NH+](CC=C)CCOc1ccccc1F. The average Bonchev–Trinajstić information content (AvgIpc) is 2.32. The van der Waals surface area contributed by atoms with Crippen molar-refractivity contribution in [3.8, 4) is 5.75 Å². The molecule has 1 aromatic rings. The van der Waals surface area contributed by atoms with Crippen molar-refractivity contribution in [1.82, 2.24) is 0 Å². The number of nitrogens with one attached hydrogen (secondary N) is 1. The van der Waals surface area contributed by atoms with Gasteiger partial charge in [-0.15, -0.1) is 0 Å². The van der Waals surface area contributed by atoms with E-state index in [1.165, 1.54) is 11.0 Å². The number of hydrogen-bond donors (Lipinski definition) is 1. The standard InChI is InChI=1S/C14H18FNO/c1-3-9-16(10-4-2)11-12-17-14-8-6-5-7-13(14)15/h3-8H,1-2,9-12H2/p+1. The molecule has 1 N–H and O–H groups in total. The van der Waals surface area contributed by atoms with Crippen LogP contribution in [0.15, 0.2) is 49.6 Å². The highest BCUT2D eigenvalue weighted by Gasteiger charge is 2.06. The van der Waals surface area contributed by atoms with Gasteiger partial charge in [0.05, 0.1) is 13.1 Å². The molecule has 1 aromatic carbocycles. The molecule has 0 spiro atoms. The zero-order chi connectivity index (χ0) is 12.5. The first-order valence-electron chi connectivity index (χ1n) is 5.70. The number of para-hydroxylation sites is 1. The minimum Gasteiger partial charge on any atom is -0.485 e. The fourth-order valence-corrected chi connectivity index (χ4v) is 1.56. The summed E-state index contributed by atoms with van der Waals surface area (Å²) in [6, 6.07) is 6.44. The number of ether oxygens (including phenoxy) is 1. The van der Waals surface area contributed by atoms with Gasteiger partial charge in [0.25, 0.3) is 0 Å². The maximum absolute atomic E-state index is 13.2. The van der Waals surface area contributed by atoms with Crippen molar-refractivity contribution in [3.63, 3.8) is 0 Å². The fourth-order valence-electron chi connectivity index (χ4n) is 1.56. The molecule has 2 nitrogen and oxygen atoms in total. The number of rotatable bonds is 8. The summed E-state index contributed by atoms with van der Waals surface area (Å²) in [6.07, 6.45) is 3.73. The van der Waals surface area contributed by atoms with Gasteiger partial charge in [-0.25, -0.2) is 4.39 Å². The summed E-state index contributed by atoms with van der Waals surface area (Å²) in [5.41, 5.74) is 0. The third-order valence-corrected chi connectivity index (χ3v) is 2.42. The Kier molecular flexibility index (Phi) is 6.04. The molecule has 3 heteroatoms. The lowest BCUT2D eigenvalue weighted by Crippen LogP contribution is -3.12. The highest BCUT2D eigenvalue weighted by Crippen LogP contribution is 2.14. The van der Waals surface area contributed by atoms with Crippen LogP contribution in [0.3, 0.4) is 0 Å². The second-order valence-corrected chi connectivity index (χ2v) is 3.76. The predicted molar refractivity (Wildman–Crippen MR) is 67.9 cm³/mol. The van der Waals surface area contributed by atoms with Crippen molar-refractivity contribution in [2.24, 2.45) is 0 Å². The molecule has 0 saturated carbocycles. The maximum Gasteiger partial charge on any atom is 0.165 e. The van der Waals surface area contributed by atoms with Gasteiger partial charge < -0.3 is 9.64 Å². The van der Waals surface area contributed by atoms with Crippen molar-refractivity contribution in [2.45, 2.75) is 0 Å². The second kappa shape index (κ2) is 7.63. The Morgan fingerprint density at radius 1 is 1.18 bits per heavy atom. The van der Waals surface area contributed by atoms with E-state index in [1.54, 1.807) is 18.2 Å². The summed E-state index contributed by atoms with van der Waals surface area (Å²) in [5.74, 6) is -0.00875. The first-order chi connectivity index (χ1) is 8.27. The molecule has 0 fully saturated rings. The monoisotopic (exact) mass is 236 g/mol. The number of halogens is 1. The topological polar surface area (TPSA) is 13.7 Å². The molecule has 0 aromatic heterocycles. The van der Waals surface area contributed by atoms with E-state index in [0.29, 0.717) is 12.4 Å². The van der Waals surface area contributed by atoms with Crippen LogP contribution < -0.4 is 9.64 Å². The third-order valence-electron chi connectivity index (χ3n) is 2.42. The van der Waals surface area contributed by atoms with Crippen LogP contribution in [0.5, 0.6) is 5.75 Å². The van der Waals surface area contributed by atoms with Gasteiger partial charge in [-0.2, -0.15) is 0 Å². The molecule has 0 saturated heterocycles. The Hall–Kier alpha value is -1.61. The number of hydrogen-bond acceptors (Lipinski definition) is 1. The van der Waals surface area contributed by atoms with E-state index >= 15 is 0 Å². The molecule has 0 aliphatic rings. The molecule has 0 radical (unpaired) electrons. The first kappa shape index (κ1) is 13.5. The zero-order valence-corrected chi connectivity index (χ0v) is 9.99. The quantitative estimate of drug-likeness (QED) is 0.675. The van der Waals surface area contributed by atoms with E-state index in [4.69, 9.17) is 4.74 Å². The minimum absolute atomic E-state index is 0.309. The van der Waals surface area contributed by atoms with Crippen LogP contribution in [0.2, 0.25) is 0 Å². The molecule has 0 aliphatic carbocycles. The van der Waals surface area contributed by atoms with Crippen LogP contribution in [-0.2, 0) is 0 Å². The van der Waals surface area contributed by atoms with Gasteiger partial charge >= 0.3 is 0 Å². The Labute approximate surface area is 102 Å². The van der Waals surface area contributed by atoms with Crippen LogP contribution in [0, 0.1) is 5.82 Å². The average molecular weight is 236 g/mol. The Morgan fingerprint density at radius 2 is 1.82 bits per heavy atom. The largest absolute Gasteiger partial charge is 0.485 e. The predicted octanol–water partition coefficient (Wildman–Crippen LogP) is 1.46. The van der Waals surface area contributed by atoms with Gasteiger partial charge in [-0.05, 0) is 24.3 Å². The van der Waals surface area contributed by atoms with Gasteiger partial charge in [0.15, 0.2) is 11.6 Å². The molecule has 0 bridgehead atoms. The zero-order valence-electron chi connectivity index (χ0n) is 9.99. The van der Waals surface area contributed by atoms with E-state index < -0.39 is 0 Å². The normalized spacial score (nSPS) is 10.2. The Morgan fingerprint density at radius 3 is 2.41 bits per heavy atom. The minimum atomic E-state index is -0.318. The van der Waals surface area contributed by atoms with Gasteiger partial charge in [-0.1, -0.05) is 25.3 Å². The van der Waals surface area contributed by atoms with E-state index in [9.17, 15) is 4.39 Å². The van der Waals surface area contributed by atoms with Gasteiger partial charge in [0.1, 0.15) is 13.2 Å². The van der Waals surface area contributed by atoms with Gasteiger partial charge in [0.2, 0.25) is 0 Å². The third kappa shape index (κ3) is 4.83. The van der Waals surface area contributed by atoms with E-state index in [0.717, 1.165) is 19.6 Å². The second-order valence-electron chi connectivity index (χ2n) is 3.76. The lowest BCUT2D eigenvalue weighted by molar-refractivity contribution is -0.888. The van der Waals surface area contributed by atoms with Crippen molar-refractivity contribution in [3.05, 3.63) is 55.4 Å². The summed E-state index contributed by atoms with van der Waals surface area (Å²) < 4.78 is 18.6. The molecule has 0 aliphatic heterocycles. The summed E-state index contributed by atoms with van der Waals surface area (Å²) in [5, 5.41) is 0. The van der Waals surface area contributed by atoms with Crippen LogP contribution in [0.4, 0.5) is 4.39 Å². The summed E-state index contributed by atoms with van der Waals surface area (Å²) in [7, 11) is 0. The first-order valence-corrected chi connectivity index (χ1v) is 5.70. The molecular formula is C14H19FNO+. The van der Waals surface area contributed by atoms with E-state index in [-0.39, 0.29) is 5.82 Å². The molecular weight excluding hydrogens is 217 g/mol. The molecule has 92 valence electrons. The van der Waals surface area contributed by atoms with Crippen molar-refractivity contribution >= 4 is 0 Å². The van der Waals surface area contributed by atoms with Crippen LogP contribution in [0.25, 0.3) is 0 Å². The highest BCUT2D eigenvalue weighted by molar-refractivity contribution is 5.23. The van der Waals surface area contributed by atoms with Crippen LogP contribution in [-0.4, -0.2) is 26.2 Å². The smallest absolute Gasteiger partial charge is 0.165 e. The van der Waals surface area contributed by atoms with E-state index in [2.05, 4.69) is 13.2 Å². The molecule has 17 heavy (non-hydrogen) atoms. The van der Waals surface area contributed by atoms with Crippen molar-refractivity contribution in [1.29, 1.82) is 0 Å². The molecule has 0 heterocycles. The number of benzene rings is 1. The van der Waals surface area contributed by atoms with Crippen molar-refractivity contribution in [2.75, 3.05) is 26.2 Å². The lowest BCUT2D eigenvalue weighted by Gasteiger charge is -2.16. The highest BCUT2D eigenvalue weighted by atomic mass is 19.1. The number of quaternary nitrogens is 1. The molecule has 0 atom stereocenters. The van der Waals surface area contributed by atoms with E-state index in [1.807, 2.05) is 12.2 Å². The summed E-state index contributed by atoms with van der Waals surface area (Å²) in [4.78, 5) is 1.30.